The standard InChI is InChI=1S/CH3OP.ClH/c2-1-3;/h2H,1H2;1H. The van der Waals surface area contributed by atoms with Crippen molar-refractivity contribution in [1.82, 2.24) is 0 Å². The smallest absolute Gasteiger partial charge is 0.0712 e. The molecule has 0 bridgehead atoms. The molecule has 0 fully saturated rings. The first kappa shape index (κ1) is 8.82. The predicted octanol–water partition coefficient (Wildman–Crippen LogP) is 0.768. The first-order chi connectivity index (χ1) is 1.41. The zero-order valence-corrected chi connectivity index (χ0v) is 3.72. The van der Waals surface area contributed by atoms with Gasteiger partial charge in [0.25, 0.3) is 0 Å². The van der Waals surface area contributed by atoms with Crippen LogP contribution in [0.2, 0.25) is 0 Å². The normalized spacial score (nSPS) is 4.50. The Morgan fingerprint density at radius 3 is 1.75 bits per heavy atom. The second-order valence-corrected chi connectivity index (χ2v) is 0.424. The van der Waals surface area contributed by atoms with Gasteiger partial charge in [-0.25, -0.2) is 0 Å². The van der Waals surface area contributed by atoms with Gasteiger partial charge in [-0.2, -0.15) is 0 Å². The second-order valence-electron chi connectivity index (χ2n) is 0.141. The van der Waals surface area contributed by atoms with Gasteiger partial charge >= 0.3 is 0 Å². The van der Waals surface area contributed by atoms with Crippen molar-refractivity contribution in [3.8, 4) is 0 Å². The van der Waals surface area contributed by atoms with Crippen LogP contribution < -0.4 is 0 Å². The van der Waals surface area contributed by atoms with Gasteiger partial charge in [0, 0.05) is 0 Å². The maximum atomic E-state index is 7.43. The van der Waals surface area contributed by atoms with E-state index in [2.05, 4.69) is 9.24 Å². The topological polar surface area (TPSA) is 20.2 Å². The lowest BCUT2D eigenvalue weighted by molar-refractivity contribution is 0.375. The van der Waals surface area contributed by atoms with Crippen LogP contribution in [0.1, 0.15) is 0 Å². The highest BCUT2D eigenvalue weighted by atomic mass is 35.5. The number of rotatable bonds is 0. The maximum absolute atomic E-state index is 7.43. The molecule has 4 heavy (non-hydrogen) atoms. The average Bonchev–Trinajstić information content (AvgIpc) is 0.918. The van der Waals surface area contributed by atoms with Gasteiger partial charge in [0.05, 0.1) is 6.35 Å². The predicted molar refractivity (Wildman–Crippen MR) is 21.3 cm³/mol. The molecule has 1 nitrogen and oxygen atoms in total. The molecule has 0 aliphatic heterocycles. The monoisotopic (exact) mass is 98.0 g/mol. The van der Waals surface area contributed by atoms with Crippen LogP contribution in [0.15, 0.2) is 0 Å². The molecule has 0 saturated heterocycles. The van der Waals surface area contributed by atoms with Gasteiger partial charge in [-0.05, 0) is 9.24 Å². The molecule has 3 heteroatoms. The third kappa shape index (κ3) is 16.4. The molecule has 0 aromatic heterocycles. The number of aliphatic hydroxyl groups is 1. The van der Waals surface area contributed by atoms with Crippen molar-refractivity contribution >= 4 is 21.6 Å². The van der Waals surface area contributed by atoms with E-state index in [0.717, 1.165) is 0 Å². The maximum Gasteiger partial charge on any atom is 0.0712 e. The molecule has 2 radical (unpaired) electrons. The summed E-state index contributed by atoms with van der Waals surface area (Å²) in [5.74, 6) is 0. The Balaban J connectivity index is 0. The fraction of sp³-hybridized carbons (Fsp3) is 1.00. The summed E-state index contributed by atoms with van der Waals surface area (Å²) in [5.41, 5.74) is 0. The third-order valence-electron chi connectivity index (χ3n) is 0. The van der Waals surface area contributed by atoms with Crippen LogP contribution in [-0.4, -0.2) is 11.5 Å². The Morgan fingerprint density at radius 2 is 1.75 bits per heavy atom. The van der Waals surface area contributed by atoms with Gasteiger partial charge in [-0.1, -0.05) is 0 Å². The number of hydrogen-bond donors (Lipinski definition) is 1. The Hall–Kier alpha value is 0.680. The van der Waals surface area contributed by atoms with Crippen LogP contribution >= 0.6 is 21.6 Å². The Morgan fingerprint density at radius 1 is 1.75 bits per heavy atom. The van der Waals surface area contributed by atoms with Crippen molar-refractivity contribution in [2.24, 2.45) is 0 Å². The van der Waals surface area contributed by atoms with E-state index in [1.54, 1.807) is 0 Å². The fourth-order valence-electron chi connectivity index (χ4n) is 0. The summed E-state index contributed by atoms with van der Waals surface area (Å²) in [7, 11) is 3.34. The van der Waals surface area contributed by atoms with Gasteiger partial charge < -0.3 is 5.11 Å². The van der Waals surface area contributed by atoms with Crippen LogP contribution in [0.5, 0.6) is 0 Å². The second kappa shape index (κ2) is 9.36. The molecule has 0 unspecified atom stereocenters. The molecule has 0 spiro atoms. The van der Waals surface area contributed by atoms with Crippen molar-refractivity contribution in [3.63, 3.8) is 0 Å². The summed E-state index contributed by atoms with van der Waals surface area (Å²) < 4.78 is 0. The molecule has 0 amide bonds. The van der Waals surface area contributed by atoms with Gasteiger partial charge in [0.2, 0.25) is 0 Å². The van der Waals surface area contributed by atoms with Gasteiger partial charge in [-0.3, -0.25) is 0 Å². The van der Waals surface area contributed by atoms with Crippen molar-refractivity contribution in [2.45, 2.75) is 0 Å². The fourth-order valence-corrected chi connectivity index (χ4v) is 0. The SMILES string of the molecule is Cl.OC[P]. The van der Waals surface area contributed by atoms with Gasteiger partial charge in [0.15, 0.2) is 0 Å². The molecule has 0 heterocycles. The van der Waals surface area contributed by atoms with E-state index in [1.807, 2.05) is 0 Å². The Kier molecular flexibility index (Phi) is 20.7. The minimum Gasteiger partial charge on any atom is -0.391 e. The number of hydrogen-bond acceptors (Lipinski definition) is 1. The molecule has 26 valence electrons. The summed E-state index contributed by atoms with van der Waals surface area (Å²) >= 11 is 0. The van der Waals surface area contributed by atoms with E-state index in [-0.39, 0.29) is 18.8 Å². The van der Waals surface area contributed by atoms with Gasteiger partial charge in [-0.15, -0.1) is 12.4 Å². The number of aliphatic hydroxyl groups excluding tert-OH is 1. The molecule has 0 aliphatic carbocycles. The minimum absolute atomic E-state index is 0. The molecule has 0 aromatic rings. The molecule has 0 aliphatic rings. The van der Waals surface area contributed by atoms with E-state index in [0.29, 0.717) is 0 Å². The first-order valence-corrected chi connectivity index (χ1v) is 1.26. The molecule has 0 aromatic carbocycles. The molecule has 0 atom stereocenters. The molecular formula is CH4ClOP. The van der Waals surface area contributed by atoms with Gasteiger partial charge in [0.1, 0.15) is 0 Å². The van der Waals surface area contributed by atoms with E-state index >= 15 is 0 Å². The van der Waals surface area contributed by atoms with Crippen LogP contribution in [0, 0.1) is 0 Å². The van der Waals surface area contributed by atoms with Crippen molar-refractivity contribution in [1.29, 1.82) is 0 Å². The first-order valence-electron chi connectivity index (χ1n) is 0.632. The zero-order chi connectivity index (χ0) is 2.71. The van der Waals surface area contributed by atoms with Crippen molar-refractivity contribution in [3.05, 3.63) is 0 Å². The highest BCUT2D eigenvalue weighted by Crippen LogP contribution is 1.63. The zero-order valence-electron chi connectivity index (χ0n) is 2.01. The summed E-state index contributed by atoms with van der Waals surface area (Å²) in [4.78, 5) is 0. The van der Waals surface area contributed by atoms with E-state index in [9.17, 15) is 0 Å². The summed E-state index contributed by atoms with van der Waals surface area (Å²) in [6, 6.07) is 0. The highest BCUT2D eigenvalue weighted by molar-refractivity contribution is 7.16. The van der Waals surface area contributed by atoms with Crippen LogP contribution in [0.3, 0.4) is 0 Å². The number of halogens is 1. The summed E-state index contributed by atoms with van der Waals surface area (Å²) in [5, 5.41) is 7.43. The van der Waals surface area contributed by atoms with Crippen LogP contribution in [0.25, 0.3) is 0 Å². The van der Waals surface area contributed by atoms with Crippen LogP contribution in [-0.2, 0) is 0 Å². The summed E-state index contributed by atoms with van der Waals surface area (Å²) in [6.07, 6.45) is -0.0556. The lowest BCUT2D eigenvalue weighted by Crippen LogP contribution is -1.47. The lowest BCUT2D eigenvalue weighted by atomic mass is 11.7. The molecule has 0 saturated carbocycles. The van der Waals surface area contributed by atoms with Crippen LogP contribution in [0.4, 0.5) is 0 Å². The minimum atomic E-state index is -0.0556. The van der Waals surface area contributed by atoms with E-state index in [1.165, 1.54) is 0 Å². The van der Waals surface area contributed by atoms with E-state index in [4.69, 9.17) is 5.11 Å². The Bertz CT molecular complexity index is 8.00. The highest BCUT2D eigenvalue weighted by Gasteiger charge is 1.37. The largest absolute Gasteiger partial charge is 0.391 e. The third-order valence-corrected chi connectivity index (χ3v) is 0. The summed E-state index contributed by atoms with van der Waals surface area (Å²) in [6.45, 7) is 0. The van der Waals surface area contributed by atoms with E-state index < -0.39 is 0 Å². The average molecular weight is 98.5 g/mol. The lowest BCUT2D eigenvalue weighted by Gasteiger charge is -1.50. The molecular weight excluding hydrogens is 94.4 g/mol. The molecule has 0 rings (SSSR count). The Labute approximate surface area is 34.0 Å². The molecule has 1 N–H and O–H groups in total. The quantitative estimate of drug-likeness (QED) is 0.444. The van der Waals surface area contributed by atoms with Crippen molar-refractivity contribution < 1.29 is 5.11 Å². The van der Waals surface area contributed by atoms with Crippen molar-refractivity contribution in [2.75, 3.05) is 6.35 Å².